The first-order valence-corrected chi connectivity index (χ1v) is 10.7. The first-order valence-electron chi connectivity index (χ1n) is 9.20. The molecule has 0 heterocycles. The van der Waals surface area contributed by atoms with Gasteiger partial charge in [0.2, 0.25) is 10.0 Å². The fourth-order valence-corrected chi connectivity index (χ4v) is 4.56. The minimum absolute atomic E-state index is 0.264. The molecule has 1 atom stereocenters. The van der Waals surface area contributed by atoms with Gasteiger partial charge < -0.3 is 0 Å². The van der Waals surface area contributed by atoms with Crippen LogP contribution in [0.25, 0.3) is 0 Å². The molecule has 0 bridgehead atoms. The monoisotopic (exact) mass is 367 g/mol. The van der Waals surface area contributed by atoms with Crippen molar-refractivity contribution in [2.75, 3.05) is 0 Å². The van der Waals surface area contributed by atoms with Gasteiger partial charge in [0.15, 0.2) is 0 Å². The molecule has 2 aromatic carbocycles. The number of benzene rings is 2. The maximum atomic E-state index is 12.8. The van der Waals surface area contributed by atoms with E-state index in [-0.39, 0.29) is 12.0 Å². The van der Waals surface area contributed by atoms with Crippen molar-refractivity contribution in [3.8, 4) is 11.8 Å². The summed E-state index contributed by atoms with van der Waals surface area (Å²) < 4.78 is 28.5. The lowest BCUT2D eigenvalue weighted by Crippen LogP contribution is -2.40. The van der Waals surface area contributed by atoms with Gasteiger partial charge in [-0.1, -0.05) is 67.0 Å². The summed E-state index contributed by atoms with van der Waals surface area (Å²) in [6.07, 6.45) is 5.54. The van der Waals surface area contributed by atoms with E-state index in [4.69, 9.17) is 0 Å². The Balaban J connectivity index is 1.85. The molecule has 1 fully saturated rings. The van der Waals surface area contributed by atoms with E-state index < -0.39 is 10.0 Å². The summed E-state index contributed by atoms with van der Waals surface area (Å²) in [5, 5.41) is 0. The Bertz CT molecular complexity index is 871. The number of hydrogen-bond donors (Lipinski definition) is 1. The molecule has 0 radical (unpaired) electrons. The van der Waals surface area contributed by atoms with Gasteiger partial charge >= 0.3 is 0 Å². The molecule has 0 aromatic heterocycles. The van der Waals surface area contributed by atoms with Crippen LogP contribution in [0.15, 0.2) is 59.5 Å². The van der Waals surface area contributed by atoms with E-state index in [2.05, 4.69) is 16.6 Å². The lowest BCUT2D eigenvalue weighted by Gasteiger charge is -2.27. The van der Waals surface area contributed by atoms with Gasteiger partial charge in [0, 0.05) is 5.56 Å². The lowest BCUT2D eigenvalue weighted by atomic mass is 9.84. The zero-order valence-corrected chi connectivity index (χ0v) is 15.9. The number of aryl methyl sites for hydroxylation is 1. The molecule has 1 aliphatic rings. The third-order valence-electron chi connectivity index (χ3n) is 4.88. The van der Waals surface area contributed by atoms with Gasteiger partial charge in [-0.25, -0.2) is 8.42 Å². The maximum absolute atomic E-state index is 12.8. The van der Waals surface area contributed by atoms with Crippen molar-refractivity contribution in [2.24, 2.45) is 5.92 Å². The summed E-state index contributed by atoms with van der Waals surface area (Å²) in [7, 11) is -3.58. The highest BCUT2D eigenvalue weighted by molar-refractivity contribution is 7.89. The smallest absolute Gasteiger partial charge is 0.207 e. The Morgan fingerprint density at radius 3 is 2.27 bits per heavy atom. The Kier molecular flexibility index (Phi) is 6.13. The third-order valence-corrected chi connectivity index (χ3v) is 6.34. The molecule has 1 N–H and O–H groups in total. The van der Waals surface area contributed by atoms with Gasteiger partial charge in [0.05, 0.1) is 10.9 Å². The van der Waals surface area contributed by atoms with Crippen molar-refractivity contribution in [3.05, 3.63) is 65.7 Å². The normalized spacial score (nSPS) is 16.5. The molecule has 3 nitrogen and oxygen atoms in total. The summed E-state index contributed by atoms with van der Waals surface area (Å²) in [6, 6.07) is 16.3. The minimum Gasteiger partial charge on any atom is -0.207 e. The average Bonchev–Trinajstić information content (AvgIpc) is 2.67. The highest BCUT2D eigenvalue weighted by Gasteiger charge is 2.27. The van der Waals surface area contributed by atoms with E-state index in [0.717, 1.165) is 36.8 Å². The topological polar surface area (TPSA) is 46.2 Å². The predicted octanol–water partition coefficient (Wildman–Crippen LogP) is 4.27. The molecule has 26 heavy (non-hydrogen) atoms. The molecule has 0 spiro atoms. The van der Waals surface area contributed by atoms with Crippen LogP contribution >= 0.6 is 0 Å². The van der Waals surface area contributed by atoms with Gasteiger partial charge in [-0.3, -0.25) is 0 Å². The first kappa shape index (κ1) is 18.7. The van der Waals surface area contributed by atoms with Crippen LogP contribution in [0.1, 0.15) is 43.2 Å². The summed E-state index contributed by atoms with van der Waals surface area (Å²) in [4.78, 5) is 0.297. The maximum Gasteiger partial charge on any atom is 0.241 e. The van der Waals surface area contributed by atoms with Crippen molar-refractivity contribution in [3.63, 3.8) is 0 Å². The van der Waals surface area contributed by atoms with Crippen LogP contribution in [0.4, 0.5) is 0 Å². The average molecular weight is 368 g/mol. The van der Waals surface area contributed by atoms with Crippen molar-refractivity contribution in [1.29, 1.82) is 0 Å². The number of hydrogen-bond acceptors (Lipinski definition) is 2. The summed E-state index contributed by atoms with van der Waals surface area (Å²) in [5.41, 5.74) is 1.94. The van der Waals surface area contributed by atoms with Crippen LogP contribution < -0.4 is 4.72 Å². The van der Waals surface area contributed by atoms with E-state index in [0.29, 0.717) is 4.90 Å². The summed E-state index contributed by atoms with van der Waals surface area (Å²) >= 11 is 0. The minimum atomic E-state index is -3.58. The lowest BCUT2D eigenvalue weighted by molar-refractivity contribution is 0.325. The molecular weight excluding hydrogens is 342 g/mol. The standard InChI is InChI=1S/C22H25NO2S/c1-18-12-15-21(16-13-18)26(24,25)23-22(20-10-6-3-7-11-20)17-14-19-8-4-2-5-9-19/h2,4-5,8-9,12-13,15-16,20,22-23H,3,6-7,10-11H2,1H3. The van der Waals surface area contributed by atoms with Gasteiger partial charge in [-0.2, -0.15) is 4.72 Å². The van der Waals surface area contributed by atoms with Crippen molar-refractivity contribution in [1.82, 2.24) is 4.72 Å². The zero-order chi connectivity index (χ0) is 18.4. The summed E-state index contributed by atoms with van der Waals surface area (Å²) in [6.45, 7) is 1.94. The fraction of sp³-hybridized carbons (Fsp3) is 0.364. The van der Waals surface area contributed by atoms with E-state index in [1.807, 2.05) is 49.4 Å². The van der Waals surface area contributed by atoms with E-state index in [9.17, 15) is 8.42 Å². The van der Waals surface area contributed by atoms with Crippen LogP contribution in [-0.2, 0) is 10.0 Å². The molecule has 4 heteroatoms. The second-order valence-electron chi connectivity index (χ2n) is 6.95. The molecule has 0 amide bonds. The predicted molar refractivity (Wildman–Crippen MR) is 105 cm³/mol. The summed E-state index contributed by atoms with van der Waals surface area (Å²) in [5.74, 6) is 6.62. The van der Waals surface area contributed by atoms with E-state index in [1.165, 1.54) is 6.42 Å². The molecule has 2 aromatic rings. The van der Waals surface area contributed by atoms with Crippen LogP contribution in [0.2, 0.25) is 0 Å². The van der Waals surface area contributed by atoms with Crippen LogP contribution in [0, 0.1) is 24.7 Å². The molecule has 1 unspecified atom stereocenters. The third kappa shape index (κ3) is 4.97. The molecule has 0 aliphatic heterocycles. The van der Waals surface area contributed by atoms with Crippen LogP contribution in [-0.4, -0.2) is 14.5 Å². The van der Waals surface area contributed by atoms with E-state index >= 15 is 0 Å². The fourth-order valence-electron chi connectivity index (χ4n) is 3.35. The number of sulfonamides is 1. The Morgan fingerprint density at radius 2 is 1.62 bits per heavy atom. The largest absolute Gasteiger partial charge is 0.241 e. The van der Waals surface area contributed by atoms with Gasteiger partial charge in [0.1, 0.15) is 0 Å². The molecule has 3 rings (SSSR count). The molecule has 0 saturated heterocycles. The molecule has 1 saturated carbocycles. The molecule has 1 aliphatic carbocycles. The van der Waals surface area contributed by atoms with Crippen LogP contribution in [0.3, 0.4) is 0 Å². The zero-order valence-electron chi connectivity index (χ0n) is 15.1. The SMILES string of the molecule is Cc1ccc(S(=O)(=O)NC(C#Cc2ccccc2)C2CCCCC2)cc1. The van der Waals surface area contributed by atoms with Gasteiger partial charge in [-0.05, 0) is 49.9 Å². The van der Waals surface area contributed by atoms with Crippen molar-refractivity contribution < 1.29 is 8.42 Å². The van der Waals surface area contributed by atoms with E-state index in [1.54, 1.807) is 12.1 Å². The van der Waals surface area contributed by atoms with Crippen LogP contribution in [0.5, 0.6) is 0 Å². The Hall–Kier alpha value is -2.09. The van der Waals surface area contributed by atoms with Crippen molar-refractivity contribution in [2.45, 2.75) is 50.0 Å². The number of nitrogens with one attached hydrogen (secondary N) is 1. The molecule has 136 valence electrons. The Morgan fingerprint density at radius 1 is 0.962 bits per heavy atom. The van der Waals surface area contributed by atoms with Gasteiger partial charge in [-0.15, -0.1) is 0 Å². The highest BCUT2D eigenvalue weighted by Crippen LogP contribution is 2.27. The highest BCUT2D eigenvalue weighted by atomic mass is 32.2. The second kappa shape index (κ2) is 8.53. The van der Waals surface area contributed by atoms with Crippen molar-refractivity contribution >= 4 is 10.0 Å². The quantitative estimate of drug-likeness (QED) is 0.820. The Labute approximate surface area is 156 Å². The first-order chi connectivity index (χ1) is 12.5. The van der Waals surface area contributed by atoms with Gasteiger partial charge in [0.25, 0.3) is 0 Å². The second-order valence-corrected chi connectivity index (χ2v) is 8.66. The number of rotatable bonds is 4. The molecular formula is C22H25NO2S.